The molecule has 0 heterocycles. The van der Waals surface area contributed by atoms with Crippen LogP contribution in [0.2, 0.25) is 0 Å². The van der Waals surface area contributed by atoms with Gasteiger partial charge < -0.3 is 15.2 Å². The van der Waals surface area contributed by atoms with Gasteiger partial charge >= 0.3 is 0 Å². The summed E-state index contributed by atoms with van der Waals surface area (Å²) in [6.45, 7) is 7.00. The number of hydrogen-bond donors (Lipinski definition) is 2. The van der Waals surface area contributed by atoms with Crippen LogP contribution in [0.15, 0.2) is 18.2 Å². The van der Waals surface area contributed by atoms with E-state index in [9.17, 15) is 5.11 Å². The number of rotatable bonds is 3. The zero-order valence-electron chi connectivity index (χ0n) is 12.4. The quantitative estimate of drug-likeness (QED) is 0.865. The molecule has 1 aromatic rings. The van der Waals surface area contributed by atoms with Gasteiger partial charge in [0, 0.05) is 17.8 Å². The summed E-state index contributed by atoms with van der Waals surface area (Å²) < 4.78 is 5.06. The van der Waals surface area contributed by atoms with E-state index in [2.05, 4.69) is 26.1 Å². The summed E-state index contributed by atoms with van der Waals surface area (Å²) in [7, 11) is 1.56. The zero-order valence-corrected chi connectivity index (χ0v) is 12.4. The monoisotopic (exact) mass is 263 g/mol. The van der Waals surface area contributed by atoms with E-state index < -0.39 is 0 Å². The second-order valence-corrected chi connectivity index (χ2v) is 6.52. The molecule has 1 fully saturated rings. The Morgan fingerprint density at radius 3 is 2.68 bits per heavy atom. The summed E-state index contributed by atoms with van der Waals surface area (Å²) in [5.41, 5.74) is 1.43. The molecule has 2 N–H and O–H groups in total. The van der Waals surface area contributed by atoms with E-state index in [0.29, 0.717) is 23.1 Å². The maximum atomic E-state index is 9.80. The van der Waals surface area contributed by atoms with Crippen LogP contribution >= 0.6 is 0 Å². The van der Waals surface area contributed by atoms with E-state index in [4.69, 9.17) is 4.74 Å². The topological polar surface area (TPSA) is 41.5 Å². The molecule has 0 bridgehead atoms. The fraction of sp³-hybridized carbons (Fsp3) is 0.625. The number of anilines is 1. The Hall–Kier alpha value is -1.38. The Morgan fingerprint density at radius 1 is 1.37 bits per heavy atom. The van der Waals surface area contributed by atoms with Crippen LogP contribution in [-0.4, -0.2) is 18.3 Å². The van der Waals surface area contributed by atoms with Gasteiger partial charge in [-0.2, -0.15) is 0 Å². The maximum Gasteiger partial charge on any atom is 0.160 e. The van der Waals surface area contributed by atoms with E-state index in [0.717, 1.165) is 5.69 Å². The highest BCUT2D eigenvalue weighted by Gasteiger charge is 2.32. The smallest absolute Gasteiger partial charge is 0.160 e. The number of aromatic hydroxyl groups is 1. The first-order valence-electron chi connectivity index (χ1n) is 7.05. The van der Waals surface area contributed by atoms with E-state index in [1.807, 2.05) is 6.07 Å². The van der Waals surface area contributed by atoms with E-state index >= 15 is 0 Å². The minimum absolute atomic E-state index is 0.191. The summed E-state index contributed by atoms with van der Waals surface area (Å²) >= 11 is 0. The minimum Gasteiger partial charge on any atom is -0.504 e. The molecular weight excluding hydrogens is 238 g/mol. The number of phenols is 1. The first kappa shape index (κ1) is 14.0. The molecule has 0 aliphatic heterocycles. The third-order valence-electron chi connectivity index (χ3n) is 4.22. The molecule has 1 aliphatic carbocycles. The highest BCUT2D eigenvalue weighted by atomic mass is 16.5. The SMILES string of the molecule is COc1ccc(NC2CCC(C)(C)CC2C)cc1O. The molecule has 0 amide bonds. The van der Waals surface area contributed by atoms with Gasteiger partial charge in [-0.1, -0.05) is 20.8 Å². The lowest BCUT2D eigenvalue weighted by Crippen LogP contribution is -2.36. The van der Waals surface area contributed by atoms with Crippen LogP contribution in [-0.2, 0) is 0 Å². The van der Waals surface area contributed by atoms with Gasteiger partial charge in [0.25, 0.3) is 0 Å². The molecule has 3 heteroatoms. The van der Waals surface area contributed by atoms with Gasteiger partial charge in [-0.3, -0.25) is 0 Å². The number of benzene rings is 1. The van der Waals surface area contributed by atoms with E-state index in [1.54, 1.807) is 19.2 Å². The normalized spacial score (nSPS) is 25.9. The van der Waals surface area contributed by atoms with Crippen molar-refractivity contribution >= 4 is 5.69 Å². The summed E-state index contributed by atoms with van der Waals surface area (Å²) in [5, 5.41) is 13.3. The number of methoxy groups -OCH3 is 1. The van der Waals surface area contributed by atoms with Crippen LogP contribution in [0.5, 0.6) is 11.5 Å². The largest absolute Gasteiger partial charge is 0.504 e. The Labute approximate surface area is 116 Å². The van der Waals surface area contributed by atoms with Crippen molar-refractivity contribution in [2.45, 2.75) is 46.1 Å². The van der Waals surface area contributed by atoms with Crippen molar-refractivity contribution in [3.63, 3.8) is 0 Å². The molecule has 0 saturated heterocycles. The predicted octanol–water partition coefficient (Wildman–Crippen LogP) is 4.03. The number of ether oxygens (including phenoxy) is 1. The van der Waals surface area contributed by atoms with Crippen LogP contribution in [0.4, 0.5) is 5.69 Å². The number of hydrogen-bond acceptors (Lipinski definition) is 3. The standard InChI is InChI=1S/C16H25NO2/c1-11-10-16(2,3)8-7-13(11)17-12-5-6-15(19-4)14(18)9-12/h5-6,9,11,13,17-18H,7-8,10H2,1-4H3. The molecule has 2 rings (SSSR count). The first-order valence-corrected chi connectivity index (χ1v) is 7.05. The summed E-state index contributed by atoms with van der Waals surface area (Å²) in [6.07, 6.45) is 3.67. The highest BCUT2D eigenvalue weighted by Crippen LogP contribution is 2.40. The average Bonchev–Trinajstić information content (AvgIpc) is 2.32. The lowest BCUT2D eigenvalue weighted by Gasteiger charge is -2.40. The van der Waals surface area contributed by atoms with Crippen molar-refractivity contribution in [2.75, 3.05) is 12.4 Å². The predicted molar refractivity (Wildman–Crippen MR) is 78.9 cm³/mol. The van der Waals surface area contributed by atoms with Gasteiger partial charge in [-0.25, -0.2) is 0 Å². The van der Waals surface area contributed by atoms with E-state index in [-0.39, 0.29) is 5.75 Å². The van der Waals surface area contributed by atoms with Crippen LogP contribution < -0.4 is 10.1 Å². The van der Waals surface area contributed by atoms with Gasteiger partial charge in [0.1, 0.15) is 0 Å². The van der Waals surface area contributed by atoms with Crippen LogP contribution in [0, 0.1) is 11.3 Å². The first-order chi connectivity index (χ1) is 8.91. The van der Waals surface area contributed by atoms with Crippen molar-refractivity contribution in [3.8, 4) is 11.5 Å². The van der Waals surface area contributed by atoms with Gasteiger partial charge in [0.05, 0.1) is 7.11 Å². The average molecular weight is 263 g/mol. The Balaban J connectivity index is 2.03. The maximum absolute atomic E-state index is 9.80. The molecule has 0 radical (unpaired) electrons. The molecule has 19 heavy (non-hydrogen) atoms. The molecule has 0 aromatic heterocycles. The molecular formula is C16H25NO2. The third-order valence-corrected chi connectivity index (χ3v) is 4.22. The Morgan fingerprint density at radius 2 is 2.11 bits per heavy atom. The van der Waals surface area contributed by atoms with Crippen molar-refractivity contribution in [2.24, 2.45) is 11.3 Å². The molecule has 106 valence electrons. The summed E-state index contributed by atoms with van der Waals surface area (Å²) in [5.74, 6) is 1.35. The lowest BCUT2D eigenvalue weighted by atomic mass is 9.70. The van der Waals surface area contributed by atoms with Gasteiger partial charge in [-0.15, -0.1) is 0 Å². The Bertz CT molecular complexity index is 442. The van der Waals surface area contributed by atoms with Crippen LogP contribution in [0.25, 0.3) is 0 Å². The number of phenolic OH excluding ortho intramolecular Hbond substituents is 1. The van der Waals surface area contributed by atoms with Gasteiger partial charge in [0.15, 0.2) is 11.5 Å². The highest BCUT2D eigenvalue weighted by molar-refractivity contribution is 5.54. The van der Waals surface area contributed by atoms with Crippen molar-refractivity contribution in [1.82, 2.24) is 0 Å². The van der Waals surface area contributed by atoms with Crippen molar-refractivity contribution in [1.29, 1.82) is 0 Å². The summed E-state index contributed by atoms with van der Waals surface area (Å²) in [4.78, 5) is 0. The zero-order chi connectivity index (χ0) is 14.0. The molecule has 2 atom stereocenters. The van der Waals surface area contributed by atoms with Crippen LogP contribution in [0.1, 0.15) is 40.0 Å². The second-order valence-electron chi connectivity index (χ2n) is 6.52. The molecule has 3 nitrogen and oxygen atoms in total. The molecule has 2 unspecified atom stereocenters. The van der Waals surface area contributed by atoms with Crippen molar-refractivity contribution in [3.05, 3.63) is 18.2 Å². The minimum atomic E-state index is 0.191. The van der Waals surface area contributed by atoms with E-state index in [1.165, 1.54) is 19.3 Å². The molecule has 1 aliphatic rings. The van der Waals surface area contributed by atoms with Gasteiger partial charge in [-0.05, 0) is 42.7 Å². The number of nitrogens with one attached hydrogen (secondary N) is 1. The summed E-state index contributed by atoms with van der Waals surface area (Å²) in [6, 6.07) is 5.99. The molecule has 1 aromatic carbocycles. The molecule has 0 spiro atoms. The van der Waals surface area contributed by atoms with Crippen LogP contribution in [0.3, 0.4) is 0 Å². The van der Waals surface area contributed by atoms with Gasteiger partial charge in [0.2, 0.25) is 0 Å². The fourth-order valence-corrected chi connectivity index (χ4v) is 3.15. The second kappa shape index (κ2) is 5.32. The Kier molecular flexibility index (Phi) is 3.93. The molecule has 1 saturated carbocycles. The third kappa shape index (κ3) is 3.34. The van der Waals surface area contributed by atoms with Crippen molar-refractivity contribution < 1.29 is 9.84 Å². The fourth-order valence-electron chi connectivity index (χ4n) is 3.15. The lowest BCUT2D eigenvalue weighted by molar-refractivity contribution is 0.177.